The number of aliphatic imine (C=N–C) groups is 2. The smallest absolute Gasteiger partial charge is 0.326 e. The molecule has 0 spiro atoms. The van der Waals surface area contributed by atoms with E-state index in [0.29, 0.717) is 25.8 Å². The van der Waals surface area contributed by atoms with Gasteiger partial charge in [0.15, 0.2) is 11.9 Å². The molecular weight excluding hydrogens is 1370 g/mol. The zero-order valence-corrected chi connectivity index (χ0v) is 60.7. The van der Waals surface area contributed by atoms with Crippen LogP contribution in [0.5, 0.6) is 0 Å². The van der Waals surface area contributed by atoms with Gasteiger partial charge in [0.25, 0.3) is 0 Å². The Labute approximate surface area is 603 Å². The van der Waals surface area contributed by atoms with Gasteiger partial charge in [-0.2, -0.15) is 0 Å². The van der Waals surface area contributed by atoms with Gasteiger partial charge in [0.05, 0.1) is 38.1 Å². The molecule has 16 atom stereocenters. The maximum atomic E-state index is 14.1. The first kappa shape index (κ1) is 94.8. The second-order valence-electron chi connectivity index (χ2n) is 25.9. The third-order valence-electron chi connectivity index (χ3n) is 15.5. The van der Waals surface area contributed by atoms with E-state index in [1.807, 2.05) is 0 Å². The Kier molecular flexibility index (Phi) is 45.8. The predicted molar refractivity (Wildman–Crippen MR) is 377 cm³/mol. The fourth-order valence-corrected chi connectivity index (χ4v) is 9.62. The molecule has 0 aliphatic heterocycles. The molecule has 0 saturated heterocycles. The number of carboxylic acid groups (broad SMARTS) is 1. The van der Waals surface area contributed by atoms with E-state index in [2.05, 4.69) is 79.1 Å². The van der Waals surface area contributed by atoms with Crippen LogP contribution in [0.3, 0.4) is 0 Å². The van der Waals surface area contributed by atoms with Crippen LogP contribution in [-0.4, -0.2) is 268 Å². The molecule has 0 fully saturated rings. The molecule has 0 heterocycles. The van der Waals surface area contributed by atoms with Gasteiger partial charge in [0.2, 0.25) is 76.8 Å². The average molecular weight is 1490 g/mol. The molecule has 42 heteroatoms. The molecule has 0 aliphatic carbocycles. The lowest BCUT2D eigenvalue weighted by molar-refractivity contribution is -0.143. The Morgan fingerprint density at radius 1 is 0.327 bits per heavy atom. The Morgan fingerprint density at radius 3 is 0.971 bits per heavy atom. The zero-order valence-electron chi connectivity index (χ0n) is 60.7. The highest BCUT2D eigenvalue weighted by molar-refractivity contribution is 6.00. The number of nitrogens with zero attached hydrogens (tertiary/aromatic N) is 2. The number of amides is 13. The van der Waals surface area contributed by atoms with Crippen LogP contribution >= 0.6 is 0 Å². The van der Waals surface area contributed by atoms with Gasteiger partial charge >= 0.3 is 5.97 Å². The second-order valence-corrected chi connectivity index (χ2v) is 25.9. The number of aliphatic hydroxyl groups is 5. The lowest BCUT2D eigenvalue weighted by atomic mass is 10.0. The van der Waals surface area contributed by atoms with Crippen LogP contribution in [0.15, 0.2) is 9.98 Å². The van der Waals surface area contributed by atoms with E-state index in [0.717, 1.165) is 13.8 Å². The van der Waals surface area contributed by atoms with Gasteiger partial charge in [-0.1, -0.05) is 34.1 Å². The SMILES string of the molecule is CC(C)C[C@H](NC(=O)[C@@H](NC(=O)[C@@H](NC(=O)[C@H](CCCCN)NC(=O)[C@H](CO)NC(=O)[C@H](CCCN=C(N)N)NC(=O)[C@H](CO)NC(=O)[C@H](C)NC(=O)[C@H](CCCN=C(N)N)NC(=O)[C@H](CC(C)C)NC(=O)[C@H](C)NC(=O)[C@H](C)NC(=O)[C@H](CO)NC(=O)[C@@H](N)CCCCN)[C@@H](C)O)[C@@H](C)O)C(=O)O. The molecule has 104 heavy (non-hydrogen) atoms. The number of hydrogen-bond donors (Lipinski definition) is 26. The van der Waals surface area contributed by atoms with Crippen LogP contribution in [0, 0.1) is 11.8 Å². The fourth-order valence-electron chi connectivity index (χ4n) is 9.62. The molecule has 0 aromatic heterocycles. The molecule has 0 radical (unpaired) electrons. The van der Waals surface area contributed by atoms with Crippen molar-refractivity contribution in [2.75, 3.05) is 46.0 Å². The monoisotopic (exact) mass is 1490 g/mol. The summed E-state index contributed by atoms with van der Waals surface area (Å²) in [6.07, 6.45) is -2.18. The molecule has 0 aromatic carbocycles. The molecule has 42 nitrogen and oxygen atoms in total. The maximum absolute atomic E-state index is 14.1. The van der Waals surface area contributed by atoms with E-state index >= 15 is 0 Å². The molecule has 0 aliphatic rings. The number of carboxylic acids is 1. The summed E-state index contributed by atoms with van der Waals surface area (Å²) in [6.45, 7) is 10.00. The normalized spacial score (nSPS) is 15.8. The number of hydrogen-bond acceptors (Lipinski definition) is 24. The van der Waals surface area contributed by atoms with Gasteiger partial charge < -0.3 is 140 Å². The van der Waals surface area contributed by atoms with Gasteiger partial charge in [-0.05, 0) is 130 Å². The standard InChI is InChI=1S/C62H116N22O20/c1-29(2)24-40(78-48(91)32(6)72-47(90)31(5)74-55(98)42(26-85)81-50(93)36(65)16-10-12-20-63)54(97)75-38(18-14-22-70-61(66)67)51(94)73-33(7)49(92)80-43(27-86)56(99)77-39(19-15-23-71-62(68)69)52(95)82-44(28-87)57(100)76-37(17-11-13-21-64)53(96)83-46(35(9)89)59(102)84-45(34(8)88)58(101)79-41(60(103)104)25-30(3)4/h29-46,85-89H,10-28,63-65H2,1-9H3,(H,72,90)(H,73,94)(H,74,98)(H,75,97)(H,76,100)(H,77,99)(H,78,91)(H,79,101)(H,80,92)(H,81,93)(H,82,95)(H,83,96)(H,84,102)(H,103,104)(H4,66,67,70)(H4,68,69,71)/t31-,32-,33-,34+,35+,36-,37-,38-,39-,40-,41-,42-,43-,44-,45-,46-/m0/s1. The molecule has 594 valence electrons. The Balaban J connectivity index is 6.61. The lowest BCUT2D eigenvalue weighted by Gasteiger charge is -2.29. The van der Waals surface area contributed by atoms with Crippen molar-refractivity contribution in [2.24, 2.45) is 62.0 Å². The van der Waals surface area contributed by atoms with E-state index in [1.165, 1.54) is 20.8 Å². The fraction of sp³-hybridized carbons (Fsp3) is 0.742. The van der Waals surface area contributed by atoms with Gasteiger partial charge in [-0.3, -0.25) is 72.3 Å². The van der Waals surface area contributed by atoms with Crippen molar-refractivity contribution in [3.63, 3.8) is 0 Å². The molecule has 0 bridgehead atoms. The summed E-state index contributed by atoms with van der Waals surface area (Å²) in [7, 11) is 0. The first-order valence-electron chi connectivity index (χ1n) is 34.3. The predicted octanol–water partition coefficient (Wildman–Crippen LogP) is -11.0. The van der Waals surface area contributed by atoms with Crippen molar-refractivity contribution < 1.29 is 97.8 Å². The van der Waals surface area contributed by atoms with Gasteiger partial charge in [-0.15, -0.1) is 0 Å². The molecule has 33 N–H and O–H groups in total. The van der Waals surface area contributed by atoms with E-state index < -0.39 is 199 Å². The van der Waals surface area contributed by atoms with E-state index in [9.17, 15) is 97.8 Å². The largest absolute Gasteiger partial charge is 0.480 e. The van der Waals surface area contributed by atoms with Crippen LogP contribution in [0.1, 0.15) is 139 Å². The molecule has 0 saturated carbocycles. The van der Waals surface area contributed by atoms with Gasteiger partial charge in [0.1, 0.15) is 78.5 Å². The molecule has 13 amide bonds. The quantitative estimate of drug-likeness (QED) is 0.0153. The summed E-state index contributed by atoms with van der Waals surface area (Å²) in [5.41, 5.74) is 39.0. The summed E-state index contributed by atoms with van der Waals surface area (Å²) >= 11 is 0. The zero-order chi connectivity index (χ0) is 79.7. The molecule has 0 unspecified atom stereocenters. The van der Waals surface area contributed by atoms with E-state index in [-0.39, 0.29) is 101 Å². The summed E-state index contributed by atoms with van der Waals surface area (Å²) in [6, 6.07) is -21.7. The first-order chi connectivity index (χ1) is 48.7. The van der Waals surface area contributed by atoms with E-state index in [1.54, 1.807) is 27.7 Å². The van der Waals surface area contributed by atoms with Crippen molar-refractivity contribution in [1.82, 2.24) is 69.1 Å². The Bertz CT molecular complexity index is 2860. The minimum Gasteiger partial charge on any atom is -0.480 e. The average Bonchev–Trinajstić information content (AvgIpc) is 0.853. The van der Waals surface area contributed by atoms with Gasteiger partial charge in [0, 0.05) is 13.1 Å². The lowest BCUT2D eigenvalue weighted by Crippen LogP contribution is -2.63. The third-order valence-corrected chi connectivity index (χ3v) is 15.5. The summed E-state index contributed by atoms with van der Waals surface area (Å²) < 4.78 is 0. The van der Waals surface area contributed by atoms with Crippen LogP contribution in [0.2, 0.25) is 0 Å². The summed E-state index contributed by atoms with van der Waals surface area (Å²) in [5.74, 6) is -15.9. The van der Waals surface area contributed by atoms with Crippen molar-refractivity contribution in [3.05, 3.63) is 0 Å². The molecule has 0 aromatic rings. The minimum absolute atomic E-state index is 0.0151. The Morgan fingerprint density at radius 2 is 0.596 bits per heavy atom. The first-order valence-corrected chi connectivity index (χ1v) is 34.3. The third kappa shape index (κ3) is 37.3. The van der Waals surface area contributed by atoms with Crippen molar-refractivity contribution in [3.8, 4) is 0 Å². The highest BCUT2D eigenvalue weighted by atomic mass is 16.4. The summed E-state index contributed by atoms with van der Waals surface area (Å²) in [5, 5.41) is 92.1. The molecular formula is C62H116N22O20. The summed E-state index contributed by atoms with van der Waals surface area (Å²) in [4.78, 5) is 196. The number of carbonyl (C=O) groups excluding carboxylic acids is 13. The van der Waals surface area contributed by atoms with Crippen molar-refractivity contribution in [1.29, 1.82) is 0 Å². The van der Waals surface area contributed by atoms with Crippen LogP contribution in [0.4, 0.5) is 0 Å². The van der Waals surface area contributed by atoms with Crippen molar-refractivity contribution in [2.45, 2.75) is 236 Å². The van der Waals surface area contributed by atoms with E-state index in [4.69, 9.17) is 40.1 Å². The van der Waals surface area contributed by atoms with Gasteiger partial charge in [-0.25, -0.2) is 4.79 Å². The minimum atomic E-state index is -1.89. The highest BCUT2D eigenvalue weighted by Crippen LogP contribution is 2.12. The number of aliphatic carboxylic acids is 1. The number of nitrogens with one attached hydrogen (secondary N) is 13. The number of nitrogens with two attached hydrogens (primary N) is 7. The Hall–Kier alpha value is -9.20. The number of aliphatic hydroxyl groups excluding tert-OH is 5. The highest BCUT2D eigenvalue weighted by Gasteiger charge is 2.38. The number of guanidine groups is 2. The van der Waals surface area contributed by atoms with Crippen LogP contribution < -0.4 is 109 Å². The van der Waals surface area contributed by atoms with Crippen molar-refractivity contribution >= 4 is 94.7 Å². The van der Waals surface area contributed by atoms with Crippen LogP contribution in [0.25, 0.3) is 0 Å². The topological polar surface area (TPSA) is 724 Å². The number of carbonyl (C=O) groups is 14. The maximum Gasteiger partial charge on any atom is 0.326 e. The molecule has 0 rings (SSSR count). The number of rotatable bonds is 52. The van der Waals surface area contributed by atoms with Crippen LogP contribution in [-0.2, 0) is 67.1 Å². The second kappa shape index (κ2) is 50.2. The number of unbranched alkanes of at least 4 members (excludes halogenated alkanes) is 2.